The lowest BCUT2D eigenvalue weighted by Crippen LogP contribution is -2.60. The molecule has 46 heavy (non-hydrogen) atoms. The van der Waals surface area contributed by atoms with E-state index in [-0.39, 0.29) is 35.6 Å². The quantitative estimate of drug-likeness (QED) is 0.176. The first-order chi connectivity index (χ1) is 22.0. The maximum Gasteiger partial charge on any atom is 0.255 e. The van der Waals surface area contributed by atoms with E-state index in [1.54, 1.807) is 19.2 Å². The van der Waals surface area contributed by atoms with Gasteiger partial charge in [0.05, 0.1) is 23.8 Å². The van der Waals surface area contributed by atoms with Crippen LogP contribution in [0, 0.1) is 11.8 Å². The smallest absolute Gasteiger partial charge is 0.255 e. The number of likely N-dealkylation sites (tertiary alicyclic amines) is 1. The summed E-state index contributed by atoms with van der Waals surface area (Å²) in [6.07, 6.45) is 2.29. The van der Waals surface area contributed by atoms with Crippen LogP contribution in [-0.4, -0.2) is 92.6 Å². The number of methoxy groups -OCH3 is 1. The molecule has 254 valence electrons. The number of benzene rings is 2. The number of hydrogen-bond donors (Lipinski definition) is 5. The first-order valence-electron chi connectivity index (χ1n) is 16.8. The molecule has 6 N–H and O–H groups in total. The van der Waals surface area contributed by atoms with Crippen molar-refractivity contribution in [1.29, 1.82) is 0 Å². The van der Waals surface area contributed by atoms with Crippen LogP contribution >= 0.6 is 0 Å². The van der Waals surface area contributed by atoms with E-state index in [9.17, 15) is 14.7 Å². The summed E-state index contributed by atoms with van der Waals surface area (Å²) in [5.74, 6) is 0.459. The maximum absolute atomic E-state index is 13.4. The molecule has 10 nitrogen and oxygen atoms in total. The molecule has 2 aliphatic rings. The minimum atomic E-state index is -0.913. The summed E-state index contributed by atoms with van der Waals surface area (Å²) in [7, 11) is 1.65. The number of piperidine rings is 1. The third-order valence-electron chi connectivity index (χ3n) is 10.1. The third-order valence-corrected chi connectivity index (χ3v) is 10.1. The summed E-state index contributed by atoms with van der Waals surface area (Å²) in [5.41, 5.74) is 8.96. The highest BCUT2D eigenvalue weighted by molar-refractivity contribution is 5.96. The molecule has 3 atom stereocenters. The van der Waals surface area contributed by atoms with Crippen molar-refractivity contribution in [3.05, 3.63) is 59.7 Å². The molecule has 10 heteroatoms. The number of amides is 2. The SMILES string of the molecule is COCCCOc1ccccc1C(=O)NC[C@@H](C[C@H](N)[C@@H](O)CNC(=O)C(C)(C)N1CCC2(CC1)CNc1ccccc12)C(C)C. The summed E-state index contributed by atoms with van der Waals surface area (Å²) in [4.78, 5) is 28.7. The summed E-state index contributed by atoms with van der Waals surface area (Å²) in [6, 6.07) is 15.2. The molecule has 0 aliphatic carbocycles. The highest BCUT2D eigenvalue weighted by Gasteiger charge is 2.45. The zero-order chi connectivity index (χ0) is 33.3. The van der Waals surface area contributed by atoms with Crippen LogP contribution in [0.15, 0.2) is 48.5 Å². The number of fused-ring (bicyclic) bond motifs is 2. The van der Waals surface area contributed by atoms with Gasteiger partial charge >= 0.3 is 0 Å². The fourth-order valence-corrected chi connectivity index (χ4v) is 6.69. The number of nitrogens with two attached hydrogens (primary N) is 1. The van der Waals surface area contributed by atoms with Gasteiger partial charge in [0.15, 0.2) is 0 Å². The van der Waals surface area contributed by atoms with Crippen LogP contribution in [0.1, 0.15) is 69.3 Å². The number of rotatable bonds is 16. The van der Waals surface area contributed by atoms with Crippen LogP contribution < -0.4 is 26.4 Å². The Morgan fingerprint density at radius 2 is 1.74 bits per heavy atom. The van der Waals surface area contributed by atoms with Crippen molar-refractivity contribution < 1.29 is 24.2 Å². The van der Waals surface area contributed by atoms with E-state index < -0.39 is 17.7 Å². The number of nitrogens with one attached hydrogen (secondary N) is 3. The second-order valence-electron chi connectivity index (χ2n) is 13.8. The Morgan fingerprint density at radius 3 is 2.46 bits per heavy atom. The van der Waals surface area contributed by atoms with Crippen molar-refractivity contribution in [2.75, 3.05) is 58.4 Å². The van der Waals surface area contributed by atoms with Gasteiger partial charge in [0.2, 0.25) is 5.91 Å². The maximum atomic E-state index is 13.4. The van der Waals surface area contributed by atoms with Gasteiger partial charge in [-0.2, -0.15) is 0 Å². The molecule has 2 aromatic rings. The topological polar surface area (TPSA) is 138 Å². The highest BCUT2D eigenvalue weighted by atomic mass is 16.5. The average Bonchev–Trinajstić information content (AvgIpc) is 3.41. The lowest BCUT2D eigenvalue weighted by atomic mass is 9.73. The van der Waals surface area contributed by atoms with Gasteiger partial charge in [-0.25, -0.2) is 0 Å². The van der Waals surface area contributed by atoms with Crippen molar-refractivity contribution in [1.82, 2.24) is 15.5 Å². The number of carbonyl (C=O) groups is 2. The first kappa shape index (κ1) is 35.7. The largest absolute Gasteiger partial charge is 0.493 e. The van der Waals surface area contributed by atoms with Crippen LogP contribution in [0.25, 0.3) is 0 Å². The minimum Gasteiger partial charge on any atom is -0.493 e. The molecule has 0 aromatic heterocycles. The van der Waals surface area contributed by atoms with Gasteiger partial charge in [-0.1, -0.05) is 44.2 Å². The monoisotopic (exact) mass is 637 g/mol. The molecule has 1 spiro atoms. The van der Waals surface area contributed by atoms with E-state index in [1.165, 1.54) is 11.3 Å². The highest BCUT2D eigenvalue weighted by Crippen LogP contribution is 2.44. The number of anilines is 1. The number of aliphatic hydroxyl groups is 1. The van der Waals surface area contributed by atoms with E-state index in [1.807, 2.05) is 26.0 Å². The molecular formula is C36H55N5O5. The minimum absolute atomic E-state index is 0.0337. The molecular weight excluding hydrogens is 582 g/mol. The van der Waals surface area contributed by atoms with Gasteiger partial charge in [-0.05, 0) is 68.7 Å². The van der Waals surface area contributed by atoms with Crippen molar-refractivity contribution in [2.24, 2.45) is 17.6 Å². The van der Waals surface area contributed by atoms with Crippen molar-refractivity contribution >= 4 is 17.5 Å². The lowest BCUT2D eigenvalue weighted by molar-refractivity contribution is -0.133. The molecule has 2 heterocycles. The standard InChI is InChI=1S/C36H55N5O5/c1-25(2)26(22-38-33(43)27-11-6-9-14-32(27)46-20-10-19-45-5)21-29(37)31(42)23-39-34(44)35(3,4)41-17-15-36(16-18-41)24-40-30-13-8-7-12-28(30)36/h6-9,11-14,25-26,29,31,40,42H,10,15-24,37H2,1-5H3,(H,38,43)(H,39,44)/t26-,29+,31+/m1/s1. The summed E-state index contributed by atoms with van der Waals surface area (Å²) in [6.45, 7) is 12.2. The van der Waals surface area contributed by atoms with Gasteiger partial charge in [0.25, 0.3) is 5.91 Å². The van der Waals surface area contributed by atoms with Gasteiger partial charge in [0.1, 0.15) is 5.75 Å². The number of carbonyl (C=O) groups excluding carboxylic acids is 2. The molecule has 2 aromatic carbocycles. The Bertz CT molecular complexity index is 1290. The van der Waals surface area contributed by atoms with Gasteiger partial charge < -0.3 is 36.3 Å². The summed E-state index contributed by atoms with van der Waals surface area (Å²) >= 11 is 0. The average molecular weight is 638 g/mol. The normalized spacial score (nSPS) is 18.0. The van der Waals surface area contributed by atoms with Gasteiger partial charge in [-0.3, -0.25) is 14.5 Å². The molecule has 1 saturated heterocycles. The molecule has 0 unspecified atom stereocenters. The van der Waals surface area contributed by atoms with Crippen LogP contribution in [0.5, 0.6) is 5.75 Å². The Hall–Kier alpha value is -3.18. The van der Waals surface area contributed by atoms with Crippen LogP contribution in [0.4, 0.5) is 5.69 Å². The Balaban J connectivity index is 1.24. The van der Waals surface area contributed by atoms with E-state index in [0.29, 0.717) is 37.5 Å². The third kappa shape index (κ3) is 8.59. The van der Waals surface area contributed by atoms with Crippen molar-refractivity contribution in [2.45, 2.75) is 76.5 Å². The fraction of sp³-hybridized carbons (Fsp3) is 0.611. The predicted octanol–water partition coefficient (Wildman–Crippen LogP) is 3.54. The zero-order valence-electron chi connectivity index (χ0n) is 28.3. The molecule has 2 aliphatic heterocycles. The van der Waals surface area contributed by atoms with Crippen molar-refractivity contribution in [3.8, 4) is 5.75 Å². The molecule has 1 fully saturated rings. The van der Waals surface area contributed by atoms with E-state index in [0.717, 1.165) is 38.9 Å². The second-order valence-corrected chi connectivity index (χ2v) is 13.8. The van der Waals surface area contributed by atoms with Crippen LogP contribution in [0.2, 0.25) is 0 Å². The van der Waals surface area contributed by atoms with Gasteiger partial charge in [0, 0.05) is 70.0 Å². The molecule has 0 bridgehead atoms. The van der Waals surface area contributed by atoms with Gasteiger partial charge in [-0.15, -0.1) is 0 Å². The Labute approximate surface area is 274 Å². The van der Waals surface area contributed by atoms with Crippen LogP contribution in [-0.2, 0) is 14.9 Å². The van der Waals surface area contributed by atoms with E-state index in [2.05, 4.69) is 59.0 Å². The fourth-order valence-electron chi connectivity index (χ4n) is 6.69. The molecule has 4 rings (SSSR count). The molecule has 2 amide bonds. The Kier molecular flexibility index (Phi) is 12.5. The number of ether oxygens (including phenoxy) is 2. The molecule has 0 saturated carbocycles. The summed E-state index contributed by atoms with van der Waals surface area (Å²) in [5, 5.41) is 20.5. The molecule has 0 radical (unpaired) electrons. The first-order valence-corrected chi connectivity index (χ1v) is 16.8. The van der Waals surface area contributed by atoms with Crippen LogP contribution in [0.3, 0.4) is 0 Å². The lowest BCUT2D eigenvalue weighted by Gasteiger charge is -2.45. The number of nitrogens with zero attached hydrogens (tertiary/aromatic N) is 1. The number of hydrogen-bond acceptors (Lipinski definition) is 8. The summed E-state index contributed by atoms with van der Waals surface area (Å²) < 4.78 is 10.9. The second kappa shape index (κ2) is 16.1. The van der Waals surface area contributed by atoms with Crippen molar-refractivity contribution in [3.63, 3.8) is 0 Å². The van der Waals surface area contributed by atoms with E-state index >= 15 is 0 Å². The predicted molar refractivity (Wildman–Crippen MR) is 182 cm³/mol. The van der Waals surface area contributed by atoms with E-state index in [4.69, 9.17) is 15.2 Å². The Morgan fingerprint density at radius 1 is 1.04 bits per heavy atom. The number of aliphatic hydroxyl groups excluding tert-OH is 1. The zero-order valence-corrected chi connectivity index (χ0v) is 28.3. The number of para-hydroxylation sites is 2.